The van der Waals surface area contributed by atoms with E-state index >= 15 is 0 Å². The number of benzene rings is 2. The molecule has 0 aliphatic carbocycles. The minimum absolute atomic E-state index is 0.148. The highest BCUT2D eigenvalue weighted by molar-refractivity contribution is 6.32. The van der Waals surface area contributed by atoms with Gasteiger partial charge in [-0.2, -0.15) is 0 Å². The zero-order valence-corrected chi connectivity index (χ0v) is 16.3. The lowest BCUT2D eigenvalue weighted by atomic mass is 10.2. The average Bonchev–Trinajstić information content (AvgIpc) is 2.98. The van der Waals surface area contributed by atoms with Gasteiger partial charge in [0.15, 0.2) is 18.1 Å². The van der Waals surface area contributed by atoms with Gasteiger partial charge in [0.05, 0.1) is 36.5 Å². The molecular weight excluding hydrogens is 402 g/mol. The number of amides is 1. The molecule has 0 saturated carbocycles. The van der Waals surface area contributed by atoms with Crippen molar-refractivity contribution >= 4 is 35.1 Å². The molecule has 1 aliphatic heterocycles. The molecule has 8 nitrogen and oxygen atoms in total. The van der Waals surface area contributed by atoms with E-state index in [-0.39, 0.29) is 10.6 Å². The molecule has 0 atom stereocenters. The summed E-state index contributed by atoms with van der Waals surface area (Å²) in [6.45, 7) is 0.417. The standard InChI is InChI=1S/C20H18ClNO7/c1-26-19(24)12-3-5-14(6-4-12)22-17(23)11-29-20(25)13-9-15(21)18-16(10-13)27-7-2-8-28-18/h3-6,9-10H,2,7-8,11H2,1H3,(H,22,23). The van der Waals surface area contributed by atoms with E-state index < -0.39 is 24.5 Å². The van der Waals surface area contributed by atoms with Crippen LogP contribution in [-0.2, 0) is 14.3 Å². The number of ether oxygens (including phenoxy) is 4. The van der Waals surface area contributed by atoms with Crippen LogP contribution in [0.15, 0.2) is 36.4 Å². The molecule has 0 saturated heterocycles. The molecule has 0 aromatic heterocycles. The molecule has 1 amide bonds. The smallest absolute Gasteiger partial charge is 0.338 e. The maximum Gasteiger partial charge on any atom is 0.338 e. The van der Waals surface area contributed by atoms with Crippen molar-refractivity contribution in [3.63, 3.8) is 0 Å². The summed E-state index contributed by atoms with van der Waals surface area (Å²) in [4.78, 5) is 35.7. The molecule has 0 unspecified atom stereocenters. The highest BCUT2D eigenvalue weighted by Crippen LogP contribution is 2.38. The van der Waals surface area contributed by atoms with Gasteiger partial charge >= 0.3 is 11.9 Å². The molecule has 0 spiro atoms. The van der Waals surface area contributed by atoms with Crippen LogP contribution in [-0.4, -0.2) is 44.8 Å². The molecule has 0 fully saturated rings. The number of hydrogen-bond donors (Lipinski definition) is 1. The van der Waals surface area contributed by atoms with Crippen molar-refractivity contribution < 1.29 is 33.3 Å². The van der Waals surface area contributed by atoms with Crippen molar-refractivity contribution in [2.45, 2.75) is 6.42 Å². The molecule has 1 N–H and O–H groups in total. The Balaban J connectivity index is 1.57. The third-order valence-corrected chi connectivity index (χ3v) is 4.24. The Morgan fingerprint density at radius 3 is 2.48 bits per heavy atom. The Morgan fingerprint density at radius 1 is 1.03 bits per heavy atom. The van der Waals surface area contributed by atoms with E-state index in [1.807, 2.05) is 0 Å². The van der Waals surface area contributed by atoms with Crippen LogP contribution < -0.4 is 14.8 Å². The van der Waals surface area contributed by atoms with Crippen LogP contribution in [0.2, 0.25) is 5.02 Å². The zero-order chi connectivity index (χ0) is 20.8. The van der Waals surface area contributed by atoms with Crippen molar-refractivity contribution in [1.29, 1.82) is 0 Å². The predicted octanol–water partition coefficient (Wildman–Crippen LogP) is 3.08. The Kier molecular flexibility index (Phi) is 6.56. The highest BCUT2D eigenvalue weighted by Gasteiger charge is 2.20. The number of nitrogens with one attached hydrogen (secondary N) is 1. The summed E-state index contributed by atoms with van der Waals surface area (Å²) in [5, 5.41) is 2.79. The summed E-state index contributed by atoms with van der Waals surface area (Å²) in [6, 6.07) is 8.96. The van der Waals surface area contributed by atoms with Crippen molar-refractivity contribution in [1.82, 2.24) is 0 Å². The van der Waals surface area contributed by atoms with Crippen molar-refractivity contribution in [2.24, 2.45) is 0 Å². The van der Waals surface area contributed by atoms with Gasteiger partial charge in [0.1, 0.15) is 0 Å². The molecule has 29 heavy (non-hydrogen) atoms. The number of hydrogen-bond acceptors (Lipinski definition) is 7. The number of halogens is 1. The molecular formula is C20H18ClNO7. The van der Waals surface area contributed by atoms with E-state index in [0.29, 0.717) is 42.4 Å². The van der Waals surface area contributed by atoms with Crippen LogP contribution in [0.1, 0.15) is 27.1 Å². The molecule has 2 aromatic rings. The second-order valence-electron chi connectivity index (χ2n) is 6.03. The van der Waals surface area contributed by atoms with Gasteiger partial charge in [-0.3, -0.25) is 4.79 Å². The summed E-state index contributed by atoms with van der Waals surface area (Å²) in [5.74, 6) is -1.00. The lowest BCUT2D eigenvalue weighted by Gasteiger charge is -2.11. The topological polar surface area (TPSA) is 100 Å². The van der Waals surface area contributed by atoms with Gasteiger partial charge in [0, 0.05) is 12.1 Å². The van der Waals surface area contributed by atoms with Crippen LogP contribution in [0, 0.1) is 0 Å². The Morgan fingerprint density at radius 2 is 1.76 bits per heavy atom. The highest BCUT2D eigenvalue weighted by atomic mass is 35.5. The van der Waals surface area contributed by atoms with Crippen LogP contribution >= 0.6 is 11.6 Å². The van der Waals surface area contributed by atoms with Gasteiger partial charge < -0.3 is 24.3 Å². The Bertz CT molecular complexity index is 927. The van der Waals surface area contributed by atoms with Gasteiger partial charge in [-0.25, -0.2) is 9.59 Å². The van der Waals surface area contributed by atoms with Crippen LogP contribution in [0.4, 0.5) is 5.69 Å². The van der Waals surface area contributed by atoms with Crippen LogP contribution in [0.5, 0.6) is 11.5 Å². The normalized spacial score (nSPS) is 12.5. The first kappa shape index (κ1) is 20.5. The summed E-state index contributed by atoms with van der Waals surface area (Å²) >= 11 is 6.15. The number of esters is 2. The van der Waals surface area contributed by atoms with E-state index in [9.17, 15) is 14.4 Å². The number of carbonyl (C=O) groups excluding carboxylic acids is 3. The lowest BCUT2D eigenvalue weighted by molar-refractivity contribution is -0.119. The zero-order valence-electron chi connectivity index (χ0n) is 15.5. The maximum absolute atomic E-state index is 12.3. The molecule has 2 aromatic carbocycles. The summed E-state index contributed by atoms with van der Waals surface area (Å²) in [5.41, 5.74) is 0.940. The number of carbonyl (C=O) groups is 3. The molecule has 0 bridgehead atoms. The number of anilines is 1. The monoisotopic (exact) mass is 419 g/mol. The van der Waals surface area contributed by atoms with Gasteiger partial charge in [-0.05, 0) is 36.4 Å². The quantitative estimate of drug-likeness (QED) is 0.743. The van der Waals surface area contributed by atoms with E-state index in [2.05, 4.69) is 10.1 Å². The van der Waals surface area contributed by atoms with E-state index in [1.54, 1.807) is 0 Å². The van der Waals surface area contributed by atoms with E-state index in [4.69, 9.17) is 25.8 Å². The summed E-state index contributed by atoms with van der Waals surface area (Å²) < 4.78 is 20.7. The molecule has 1 aliphatic rings. The molecule has 3 rings (SSSR count). The Hall–Kier alpha value is -3.26. The largest absolute Gasteiger partial charge is 0.489 e. The van der Waals surface area contributed by atoms with Crippen LogP contribution in [0.25, 0.3) is 0 Å². The first-order chi connectivity index (χ1) is 14.0. The van der Waals surface area contributed by atoms with E-state index in [1.165, 1.54) is 43.5 Å². The predicted molar refractivity (Wildman–Crippen MR) is 104 cm³/mol. The summed E-state index contributed by atoms with van der Waals surface area (Å²) in [6.07, 6.45) is 0.700. The molecule has 152 valence electrons. The van der Waals surface area contributed by atoms with Gasteiger partial charge in [-0.1, -0.05) is 11.6 Å². The average molecular weight is 420 g/mol. The van der Waals surface area contributed by atoms with Gasteiger partial charge in [-0.15, -0.1) is 0 Å². The first-order valence-electron chi connectivity index (χ1n) is 8.72. The van der Waals surface area contributed by atoms with Crippen molar-refractivity contribution in [3.05, 3.63) is 52.5 Å². The molecule has 0 radical (unpaired) electrons. The fourth-order valence-electron chi connectivity index (χ4n) is 2.57. The second-order valence-corrected chi connectivity index (χ2v) is 6.44. The minimum Gasteiger partial charge on any atom is -0.489 e. The van der Waals surface area contributed by atoms with E-state index in [0.717, 1.165) is 0 Å². The van der Waals surface area contributed by atoms with Crippen LogP contribution in [0.3, 0.4) is 0 Å². The third kappa shape index (κ3) is 5.17. The molecule has 1 heterocycles. The maximum atomic E-state index is 12.3. The number of fused-ring (bicyclic) bond motifs is 1. The number of rotatable bonds is 5. The van der Waals surface area contributed by atoms with Crippen molar-refractivity contribution in [3.8, 4) is 11.5 Å². The first-order valence-corrected chi connectivity index (χ1v) is 9.10. The lowest BCUT2D eigenvalue weighted by Crippen LogP contribution is -2.21. The van der Waals surface area contributed by atoms with Gasteiger partial charge in [0.25, 0.3) is 5.91 Å². The summed E-state index contributed by atoms with van der Waals surface area (Å²) in [7, 11) is 1.28. The molecule has 9 heteroatoms. The fourth-order valence-corrected chi connectivity index (χ4v) is 2.83. The Labute approximate surface area is 171 Å². The number of methoxy groups -OCH3 is 1. The van der Waals surface area contributed by atoms with Gasteiger partial charge in [0.2, 0.25) is 0 Å². The SMILES string of the molecule is COC(=O)c1ccc(NC(=O)COC(=O)c2cc(Cl)c3c(c2)OCCCO3)cc1. The van der Waals surface area contributed by atoms with Crippen molar-refractivity contribution in [2.75, 3.05) is 32.2 Å². The fraction of sp³-hybridized carbons (Fsp3) is 0.250. The third-order valence-electron chi connectivity index (χ3n) is 3.96. The second kappa shape index (κ2) is 9.29. The minimum atomic E-state index is -0.723.